The lowest BCUT2D eigenvalue weighted by Crippen LogP contribution is -2.10. The maximum absolute atomic E-state index is 2.36. The monoisotopic (exact) mass is 156 g/mol. The smallest absolute Gasteiger partial charge is 0.110 e. The highest BCUT2D eigenvalue weighted by Crippen LogP contribution is 2.24. The molecule has 0 nitrogen and oxygen atoms in total. The molecule has 0 unspecified atom stereocenters. The summed E-state index contributed by atoms with van der Waals surface area (Å²) in [5, 5.41) is 0. The van der Waals surface area contributed by atoms with Crippen LogP contribution in [0.2, 0.25) is 0 Å². The summed E-state index contributed by atoms with van der Waals surface area (Å²) in [4.78, 5) is 0. The molecule has 12 heavy (non-hydrogen) atoms. The molecule has 1 heteroatoms. The van der Waals surface area contributed by atoms with Gasteiger partial charge in [0.1, 0.15) is 0 Å². The predicted octanol–water partition coefficient (Wildman–Crippen LogP) is 1.76. The number of hydrogen-bond acceptors (Lipinski definition) is 0. The summed E-state index contributed by atoms with van der Waals surface area (Å²) in [6.45, 7) is 4.52. The van der Waals surface area contributed by atoms with Crippen molar-refractivity contribution in [3.63, 3.8) is 0 Å². The van der Waals surface area contributed by atoms with E-state index in [2.05, 4.69) is 44.1 Å². The van der Waals surface area contributed by atoms with E-state index in [4.69, 9.17) is 0 Å². The van der Waals surface area contributed by atoms with Crippen molar-refractivity contribution in [1.82, 2.24) is 0 Å². The molecule has 1 aromatic carbocycles. The van der Waals surface area contributed by atoms with E-state index >= 15 is 0 Å². The van der Waals surface area contributed by atoms with Crippen LogP contribution in [0.4, 0.5) is 0 Å². The summed E-state index contributed by atoms with van der Waals surface area (Å²) < 4.78 is 0. The van der Waals surface area contributed by atoms with Gasteiger partial charge in [0.15, 0.2) is 7.28 Å². The summed E-state index contributed by atoms with van der Waals surface area (Å²) in [5.74, 6) is 3.02. The summed E-state index contributed by atoms with van der Waals surface area (Å²) in [6.07, 6.45) is 0. The first kappa shape index (κ1) is 7.66. The Balaban J connectivity index is 2.45. The standard InChI is InChI=1S/C11H13B/c1-8(2)10-7-12-11-6-4-3-5-9(10)11/h3-8,12H,1-2H3. The van der Waals surface area contributed by atoms with E-state index in [1.165, 1.54) is 16.6 Å². The molecule has 0 fully saturated rings. The lowest BCUT2D eigenvalue weighted by Gasteiger charge is -2.08. The molecular weight excluding hydrogens is 143 g/mol. The lowest BCUT2D eigenvalue weighted by atomic mass is 9.73. The highest BCUT2D eigenvalue weighted by atomic mass is 14.1. The van der Waals surface area contributed by atoms with Crippen LogP contribution in [0, 0.1) is 5.92 Å². The van der Waals surface area contributed by atoms with Gasteiger partial charge in [-0.2, -0.15) is 0 Å². The zero-order valence-electron chi connectivity index (χ0n) is 7.67. The first-order valence-corrected chi connectivity index (χ1v) is 4.57. The Kier molecular flexibility index (Phi) is 1.80. The largest absolute Gasteiger partial charge is 0.184 e. The van der Waals surface area contributed by atoms with Gasteiger partial charge in [-0.1, -0.05) is 49.1 Å². The predicted molar refractivity (Wildman–Crippen MR) is 56.0 cm³/mol. The maximum atomic E-state index is 2.36. The van der Waals surface area contributed by atoms with Gasteiger partial charge < -0.3 is 0 Å². The molecule has 0 bridgehead atoms. The van der Waals surface area contributed by atoms with Crippen molar-refractivity contribution in [3.8, 4) is 0 Å². The molecule has 1 aliphatic heterocycles. The van der Waals surface area contributed by atoms with E-state index in [1.807, 2.05) is 0 Å². The molecule has 0 aliphatic carbocycles. The van der Waals surface area contributed by atoms with Gasteiger partial charge >= 0.3 is 0 Å². The number of allylic oxidation sites excluding steroid dienone is 1. The molecule has 0 saturated carbocycles. The summed E-state index contributed by atoms with van der Waals surface area (Å²) in [5.41, 5.74) is 4.47. The Morgan fingerprint density at radius 1 is 1.17 bits per heavy atom. The van der Waals surface area contributed by atoms with Crippen molar-refractivity contribution >= 4 is 18.3 Å². The van der Waals surface area contributed by atoms with E-state index in [1.54, 1.807) is 0 Å². The highest BCUT2D eigenvalue weighted by molar-refractivity contribution is 6.63. The second-order valence-corrected chi connectivity index (χ2v) is 3.68. The minimum atomic E-state index is 0.661. The average Bonchev–Trinajstić information content (AvgIpc) is 2.47. The van der Waals surface area contributed by atoms with Crippen molar-refractivity contribution in [2.75, 3.05) is 0 Å². The minimum Gasteiger partial charge on any atom is -0.110 e. The fraction of sp³-hybridized carbons (Fsp3) is 0.273. The van der Waals surface area contributed by atoms with Crippen LogP contribution >= 0.6 is 0 Å². The molecule has 1 heterocycles. The van der Waals surface area contributed by atoms with E-state index in [0.717, 1.165) is 7.28 Å². The summed E-state index contributed by atoms with van der Waals surface area (Å²) in [7, 11) is 1.13. The molecule has 1 aliphatic rings. The Bertz CT molecular complexity index is 324. The normalized spacial score (nSPS) is 14.1. The average molecular weight is 156 g/mol. The minimum absolute atomic E-state index is 0.661. The number of benzene rings is 1. The van der Waals surface area contributed by atoms with Gasteiger partial charge in [-0.25, -0.2) is 0 Å². The van der Waals surface area contributed by atoms with Crippen LogP contribution in [0.15, 0.2) is 30.2 Å². The fourth-order valence-corrected chi connectivity index (χ4v) is 1.86. The summed E-state index contributed by atoms with van der Waals surface area (Å²) in [6, 6.07) is 8.70. The number of rotatable bonds is 1. The first-order valence-electron chi connectivity index (χ1n) is 4.57. The Hall–Kier alpha value is -0.975. The first-order chi connectivity index (χ1) is 5.79. The van der Waals surface area contributed by atoms with Crippen LogP contribution < -0.4 is 5.46 Å². The zero-order chi connectivity index (χ0) is 8.55. The Morgan fingerprint density at radius 2 is 1.92 bits per heavy atom. The molecule has 2 rings (SSSR count). The van der Waals surface area contributed by atoms with Gasteiger partial charge in [-0.3, -0.25) is 0 Å². The molecule has 0 spiro atoms. The Morgan fingerprint density at radius 3 is 2.67 bits per heavy atom. The summed E-state index contributed by atoms with van der Waals surface area (Å²) >= 11 is 0. The van der Waals surface area contributed by atoms with Crippen LogP contribution in [0.25, 0.3) is 5.57 Å². The van der Waals surface area contributed by atoms with Crippen LogP contribution in [0.3, 0.4) is 0 Å². The van der Waals surface area contributed by atoms with E-state index in [-0.39, 0.29) is 0 Å². The van der Waals surface area contributed by atoms with Crippen molar-refractivity contribution in [1.29, 1.82) is 0 Å². The van der Waals surface area contributed by atoms with Crippen LogP contribution in [0.5, 0.6) is 0 Å². The van der Waals surface area contributed by atoms with Gasteiger partial charge in [-0.15, -0.1) is 5.98 Å². The quantitative estimate of drug-likeness (QED) is 0.543. The molecule has 0 atom stereocenters. The third-order valence-electron chi connectivity index (χ3n) is 2.49. The van der Waals surface area contributed by atoms with Gasteiger partial charge in [0.2, 0.25) is 0 Å². The van der Waals surface area contributed by atoms with Gasteiger partial charge in [0.25, 0.3) is 0 Å². The molecule has 0 amide bonds. The van der Waals surface area contributed by atoms with Gasteiger partial charge in [-0.05, 0) is 11.5 Å². The zero-order valence-corrected chi connectivity index (χ0v) is 7.67. The number of hydrogen-bond donors (Lipinski definition) is 0. The third kappa shape index (κ3) is 1.10. The second kappa shape index (κ2) is 2.82. The molecule has 0 radical (unpaired) electrons. The SMILES string of the molecule is CC(C)C1=CBc2ccccc21. The highest BCUT2D eigenvalue weighted by Gasteiger charge is 2.15. The molecule has 0 aromatic heterocycles. The van der Waals surface area contributed by atoms with E-state index < -0.39 is 0 Å². The second-order valence-electron chi connectivity index (χ2n) is 3.68. The van der Waals surface area contributed by atoms with Crippen molar-refractivity contribution in [2.45, 2.75) is 13.8 Å². The molecule has 1 aromatic rings. The molecule has 0 saturated heterocycles. The van der Waals surface area contributed by atoms with Crippen molar-refractivity contribution in [2.24, 2.45) is 5.92 Å². The third-order valence-corrected chi connectivity index (χ3v) is 2.49. The molecule has 0 N–H and O–H groups in total. The van der Waals surface area contributed by atoms with Gasteiger partial charge in [0.05, 0.1) is 0 Å². The topological polar surface area (TPSA) is 0 Å². The van der Waals surface area contributed by atoms with E-state index in [0.29, 0.717) is 5.92 Å². The molecule has 60 valence electrons. The van der Waals surface area contributed by atoms with Crippen LogP contribution in [-0.4, -0.2) is 7.28 Å². The fourth-order valence-electron chi connectivity index (χ4n) is 1.86. The van der Waals surface area contributed by atoms with Crippen molar-refractivity contribution in [3.05, 3.63) is 35.8 Å². The lowest BCUT2D eigenvalue weighted by molar-refractivity contribution is 0.859. The van der Waals surface area contributed by atoms with E-state index in [9.17, 15) is 0 Å². The van der Waals surface area contributed by atoms with Gasteiger partial charge in [0, 0.05) is 0 Å². The maximum Gasteiger partial charge on any atom is 0.184 e. The Labute approximate surface area is 74.5 Å². The van der Waals surface area contributed by atoms with Crippen LogP contribution in [0.1, 0.15) is 19.4 Å². The number of fused-ring (bicyclic) bond motifs is 1. The van der Waals surface area contributed by atoms with Crippen LogP contribution in [-0.2, 0) is 0 Å². The molecular formula is C11H13B. The van der Waals surface area contributed by atoms with Crippen molar-refractivity contribution < 1.29 is 0 Å².